The van der Waals surface area contributed by atoms with Crippen molar-refractivity contribution in [2.24, 2.45) is 23.7 Å². The second kappa shape index (κ2) is 13.9. The largest absolute Gasteiger partial charge is 0.465 e. The summed E-state index contributed by atoms with van der Waals surface area (Å²) in [5, 5.41) is 12.9. The average Bonchev–Trinajstić information content (AvgIpc) is 3.95. The SMILES string of the molecule is CC[C@@H]1C[C@]1(NC(=O)[C@@H]1C[C@@H](C2c3cccc(Cl)c3CN2C(=O)O)CN1C(=O)C(C(=O)OC(C)(C)C)C1CCCCC1)C(=O)NS(=O)(=O)C1CC1. The van der Waals surface area contributed by atoms with Gasteiger partial charge in [0.05, 0.1) is 17.8 Å². The molecule has 0 radical (unpaired) electrons. The van der Waals surface area contributed by atoms with Gasteiger partial charge in [-0.05, 0) is 88.3 Å². The summed E-state index contributed by atoms with van der Waals surface area (Å²) in [4.78, 5) is 71.9. The molecule has 280 valence electrons. The monoisotopic (exact) mass is 748 g/mol. The van der Waals surface area contributed by atoms with Crippen molar-refractivity contribution in [3.63, 3.8) is 0 Å². The number of amides is 4. The number of carboxylic acid groups (broad SMARTS) is 1. The molecule has 1 aromatic rings. The molecule has 2 heterocycles. The predicted octanol–water partition coefficient (Wildman–Crippen LogP) is 4.52. The van der Waals surface area contributed by atoms with Gasteiger partial charge in [0.25, 0.3) is 5.91 Å². The molecule has 0 spiro atoms. The van der Waals surface area contributed by atoms with Crippen LogP contribution in [-0.4, -0.2) is 82.1 Å². The fourth-order valence-electron chi connectivity index (χ4n) is 8.54. The lowest BCUT2D eigenvalue weighted by atomic mass is 9.79. The summed E-state index contributed by atoms with van der Waals surface area (Å²) in [5.74, 6) is -5.05. The van der Waals surface area contributed by atoms with Crippen molar-refractivity contribution >= 4 is 51.4 Å². The molecule has 4 amide bonds. The van der Waals surface area contributed by atoms with Crippen LogP contribution < -0.4 is 10.0 Å². The van der Waals surface area contributed by atoms with E-state index in [1.807, 2.05) is 6.92 Å². The van der Waals surface area contributed by atoms with Crippen molar-refractivity contribution in [1.82, 2.24) is 19.8 Å². The van der Waals surface area contributed by atoms with Crippen LogP contribution in [0.1, 0.15) is 109 Å². The van der Waals surface area contributed by atoms with Crippen molar-refractivity contribution in [3.8, 4) is 0 Å². The van der Waals surface area contributed by atoms with Gasteiger partial charge in [-0.1, -0.05) is 56.3 Å². The van der Waals surface area contributed by atoms with E-state index in [0.717, 1.165) is 19.3 Å². The molecule has 6 rings (SSSR count). The molecule has 15 heteroatoms. The minimum Gasteiger partial charge on any atom is -0.465 e. The van der Waals surface area contributed by atoms with Gasteiger partial charge in [-0.25, -0.2) is 13.2 Å². The second-order valence-electron chi connectivity index (χ2n) is 16.0. The standard InChI is InChI=1S/C36H49ClN4O9S/c1-5-22-17-36(22,33(45)39-51(48,49)23-14-15-23)38-30(42)27-16-21(29-24-12-9-13-26(37)25(24)19-41(29)34(46)47)18-40(27)31(43)28(20-10-7-6-8-11-20)32(44)50-35(2,3)4/h9,12-13,20-23,27-29H,5-8,10-11,14-19H2,1-4H3,(H,38,42)(H,39,45)(H,46,47)/t21-,22-,27+,28?,29?,36-/m1/s1. The van der Waals surface area contributed by atoms with E-state index >= 15 is 0 Å². The topological polar surface area (TPSA) is 179 Å². The summed E-state index contributed by atoms with van der Waals surface area (Å²) in [7, 11) is -3.89. The van der Waals surface area contributed by atoms with Crippen LogP contribution in [0.2, 0.25) is 5.02 Å². The maximum atomic E-state index is 14.8. The molecule has 6 atom stereocenters. The maximum absolute atomic E-state index is 14.8. The number of rotatable bonds is 10. The summed E-state index contributed by atoms with van der Waals surface area (Å²) in [5.41, 5.74) is -1.00. The van der Waals surface area contributed by atoms with E-state index in [9.17, 15) is 37.5 Å². The van der Waals surface area contributed by atoms with Crippen LogP contribution >= 0.6 is 11.6 Å². The number of hydrogen-bond acceptors (Lipinski definition) is 8. The van der Waals surface area contributed by atoms with Gasteiger partial charge in [0.1, 0.15) is 23.1 Å². The molecule has 51 heavy (non-hydrogen) atoms. The highest BCUT2D eigenvalue weighted by Crippen LogP contribution is 2.49. The van der Waals surface area contributed by atoms with Gasteiger partial charge in [-0.15, -0.1) is 0 Å². The van der Waals surface area contributed by atoms with Crippen molar-refractivity contribution in [1.29, 1.82) is 0 Å². The van der Waals surface area contributed by atoms with Crippen LogP contribution in [0.4, 0.5) is 4.79 Å². The Morgan fingerprint density at radius 3 is 2.33 bits per heavy atom. The van der Waals surface area contributed by atoms with Crippen molar-refractivity contribution in [2.45, 2.75) is 127 Å². The Morgan fingerprint density at radius 2 is 1.75 bits per heavy atom. The molecule has 1 aromatic carbocycles. The van der Waals surface area contributed by atoms with Crippen LogP contribution in [-0.2, 0) is 40.5 Å². The third kappa shape index (κ3) is 7.45. The molecule has 4 fully saturated rings. The highest BCUT2D eigenvalue weighted by molar-refractivity contribution is 7.91. The molecule has 5 aliphatic rings. The van der Waals surface area contributed by atoms with Crippen molar-refractivity contribution in [3.05, 3.63) is 34.3 Å². The molecule has 3 N–H and O–H groups in total. The molecular weight excluding hydrogens is 700 g/mol. The van der Waals surface area contributed by atoms with Crippen LogP contribution in [0.15, 0.2) is 18.2 Å². The smallest absolute Gasteiger partial charge is 0.408 e. The molecule has 0 bridgehead atoms. The third-order valence-electron chi connectivity index (χ3n) is 11.3. The lowest BCUT2D eigenvalue weighted by Gasteiger charge is -2.35. The Morgan fingerprint density at radius 1 is 1.06 bits per heavy atom. The average molecular weight is 749 g/mol. The molecule has 2 aliphatic heterocycles. The number of carbonyl (C=O) groups is 5. The van der Waals surface area contributed by atoms with Gasteiger partial charge < -0.3 is 20.1 Å². The van der Waals surface area contributed by atoms with Crippen LogP contribution in [0.5, 0.6) is 0 Å². The normalized spacial score (nSPS) is 28.5. The van der Waals surface area contributed by atoms with Crippen molar-refractivity contribution in [2.75, 3.05) is 6.54 Å². The van der Waals surface area contributed by atoms with Crippen LogP contribution in [0.25, 0.3) is 0 Å². The first-order chi connectivity index (χ1) is 24.0. The summed E-state index contributed by atoms with van der Waals surface area (Å²) in [6, 6.07) is 3.32. The van der Waals surface area contributed by atoms with E-state index in [2.05, 4.69) is 10.0 Å². The number of sulfonamides is 1. The first-order valence-electron chi connectivity index (χ1n) is 18.2. The Hall–Kier alpha value is -3.39. The fourth-order valence-corrected chi connectivity index (χ4v) is 10.1. The highest BCUT2D eigenvalue weighted by Gasteiger charge is 2.62. The van der Waals surface area contributed by atoms with Gasteiger partial charge in [-0.2, -0.15) is 0 Å². The summed E-state index contributed by atoms with van der Waals surface area (Å²) in [6.07, 6.45) is 4.47. The maximum Gasteiger partial charge on any atom is 0.408 e. The molecule has 2 unspecified atom stereocenters. The van der Waals surface area contributed by atoms with E-state index in [1.165, 1.54) is 9.80 Å². The summed E-state index contributed by atoms with van der Waals surface area (Å²) in [6.45, 7) is 7.04. The van der Waals surface area contributed by atoms with E-state index in [0.29, 0.717) is 48.3 Å². The quantitative estimate of drug-likeness (QED) is 0.229. The third-order valence-corrected chi connectivity index (χ3v) is 13.5. The Labute approximate surface area is 304 Å². The number of carbonyl (C=O) groups excluding carboxylic acids is 4. The van der Waals surface area contributed by atoms with E-state index in [4.69, 9.17) is 16.3 Å². The molecule has 0 aromatic heterocycles. The van der Waals surface area contributed by atoms with E-state index in [1.54, 1.807) is 39.0 Å². The first-order valence-corrected chi connectivity index (χ1v) is 20.1. The van der Waals surface area contributed by atoms with E-state index in [-0.39, 0.29) is 37.8 Å². The Kier molecular flexibility index (Phi) is 10.2. The summed E-state index contributed by atoms with van der Waals surface area (Å²) >= 11 is 6.51. The number of hydrogen-bond donors (Lipinski definition) is 3. The minimum atomic E-state index is -3.89. The zero-order chi connectivity index (χ0) is 37.0. The number of esters is 1. The fraction of sp³-hybridized carbons (Fsp3) is 0.694. The molecule has 3 aliphatic carbocycles. The number of halogens is 1. The van der Waals surface area contributed by atoms with Gasteiger partial charge >= 0.3 is 12.1 Å². The van der Waals surface area contributed by atoms with E-state index < -0.39 is 80.1 Å². The van der Waals surface area contributed by atoms with Crippen LogP contribution in [0, 0.1) is 23.7 Å². The predicted molar refractivity (Wildman–Crippen MR) is 187 cm³/mol. The molecule has 3 saturated carbocycles. The number of ether oxygens (including phenoxy) is 1. The molecule has 1 saturated heterocycles. The number of fused-ring (bicyclic) bond motifs is 1. The van der Waals surface area contributed by atoms with Gasteiger partial charge in [0, 0.05) is 17.5 Å². The summed E-state index contributed by atoms with van der Waals surface area (Å²) < 4.78 is 33.5. The highest BCUT2D eigenvalue weighted by atomic mass is 35.5. The number of likely N-dealkylation sites (tertiary alicyclic amines) is 1. The number of nitrogens with one attached hydrogen (secondary N) is 2. The Bertz CT molecular complexity index is 1700. The second-order valence-corrected chi connectivity index (χ2v) is 18.4. The Balaban J connectivity index is 1.35. The zero-order valence-electron chi connectivity index (χ0n) is 29.7. The van der Waals surface area contributed by atoms with Crippen LogP contribution in [0.3, 0.4) is 0 Å². The number of nitrogens with zero attached hydrogens (tertiary/aromatic N) is 2. The lowest BCUT2D eigenvalue weighted by Crippen LogP contribution is -2.57. The van der Waals surface area contributed by atoms with Crippen molar-refractivity contribution < 1.29 is 42.2 Å². The lowest BCUT2D eigenvalue weighted by molar-refractivity contribution is -0.169. The molecule has 13 nitrogen and oxygen atoms in total. The minimum absolute atomic E-state index is 0.0319. The zero-order valence-corrected chi connectivity index (χ0v) is 31.2. The van der Waals surface area contributed by atoms with Gasteiger partial charge in [0.2, 0.25) is 21.8 Å². The molecular formula is C36H49ClN4O9S. The van der Waals surface area contributed by atoms with Gasteiger partial charge in [0.15, 0.2) is 0 Å². The number of benzene rings is 1. The van der Waals surface area contributed by atoms with Gasteiger partial charge in [-0.3, -0.25) is 28.8 Å². The first kappa shape index (κ1) is 37.4.